The minimum Gasteiger partial charge on any atom is -0.394 e. The molecule has 10 nitrogen and oxygen atoms in total. The first-order valence-electron chi connectivity index (χ1n) is 11.0. The first-order chi connectivity index (χ1) is 15.4. The predicted molar refractivity (Wildman–Crippen MR) is 116 cm³/mol. The molecule has 2 aromatic rings. The van der Waals surface area contributed by atoms with Crippen molar-refractivity contribution in [2.24, 2.45) is 5.92 Å². The Bertz CT molecular complexity index is 890. The normalized spacial score (nSPS) is 21.2. The Balaban J connectivity index is 1.80. The molecular weight excluding hydrogens is 412 g/mol. The number of amides is 2. The van der Waals surface area contributed by atoms with Crippen molar-refractivity contribution in [3.05, 3.63) is 42.0 Å². The number of aliphatic hydroxyl groups excluding tert-OH is 1. The van der Waals surface area contributed by atoms with Gasteiger partial charge in [0.1, 0.15) is 5.69 Å². The summed E-state index contributed by atoms with van der Waals surface area (Å²) in [6, 6.07) is 3.05. The summed E-state index contributed by atoms with van der Waals surface area (Å²) in [4.78, 5) is 33.0. The van der Waals surface area contributed by atoms with Crippen LogP contribution in [0.25, 0.3) is 0 Å². The number of pyridine rings is 1. The van der Waals surface area contributed by atoms with Crippen LogP contribution in [0.3, 0.4) is 0 Å². The van der Waals surface area contributed by atoms with E-state index in [-0.39, 0.29) is 43.1 Å². The third kappa shape index (κ3) is 6.10. The van der Waals surface area contributed by atoms with E-state index >= 15 is 0 Å². The summed E-state index contributed by atoms with van der Waals surface area (Å²) in [5.41, 5.74) is 1.25. The highest BCUT2D eigenvalue weighted by molar-refractivity contribution is 5.93. The largest absolute Gasteiger partial charge is 0.394 e. The lowest BCUT2D eigenvalue weighted by Gasteiger charge is -2.35. The molecule has 174 valence electrons. The summed E-state index contributed by atoms with van der Waals surface area (Å²) in [6.45, 7) is 5.32. The number of hydrogen-bond acceptors (Lipinski definition) is 7. The van der Waals surface area contributed by atoms with Crippen LogP contribution in [-0.2, 0) is 22.7 Å². The van der Waals surface area contributed by atoms with Gasteiger partial charge in [-0.3, -0.25) is 19.3 Å². The topological polar surface area (TPSA) is 114 Å². The first-order valence-corrected chi connectivity index (χ1v) is 11.0. The minimum atomic E-state index is -0.349. The number of carbonyl (C=O) groups is 2. The summed E-state index contributed by atoms with van der Waals surface area (Å²) in [5, 5.41) is 18.0. The van der Waals surface area contributed by atoms with Crippen LogP contribution < -0.4 is 0 Å². The Morgan fingerprint density at radius 3 is 2.84 bits per heavy atom. The fourth-order valence-corrected chi connectivity index (χ4v) is 3.76. The average molecular weight is 445 g/mol. The standard InChI is InChI=1S/C22H32N6O4/c1-16-11-28(17(2)14-29)21(30)5-4-10-27-12-19(24-25-27)15-32-20(16)13-26(3)22(31)18-6-8-23-9-7-18/h6-9,12,16-17,20,29H,4-5,10-11,13-15H2,1-3H3/t16-,17-,20-/m1/s1. The molecule has 0 aromatic carbocycles. The highest BCUT2D eigenvalue weighted by Gasteiger charge is 2.29. The third-order valence-electron chi connectivity index (χ3n) is 5.77. The summed E-state index contributed by atoms with van der Waals surface area (Å²) in [6.07, 6.45) is 5.64. The van der Waals surface area contributed by atoms with Gasteiger partial charge in [0.2, 0.25) is 5.91 Å². The zero-order valence-electron chi connectivity index (χ0n) is 18.9. The summed E-state index contributed by atoms with van der Waals surface area (Å²) >= 11 is 0. The molecule has 2 aromatic heterocycles. The third-order valence-corrected chi connectivity index (χ3v) is 5.77. The van der Waals surface area contributed by atoms with E-state index < -0.39 is 0 Å². The molecule has 0 aliphatic carbocycles. The minimum absolute atomic E-state index is 0.0158. The van der Waals surface area contributed by atoms with Crippen LogP contribution in [0.4, 0.5) is 0 Å². The van der Waals surface area contributed by atoms with Gasteiger partial charge in [-0.1, -0.05) is 12.1 Å². The molecule has 0 unspecified atom stereocenters. The van der Waals surface area contributed by atoms with E-state index in [0.717, 1.165) is 0 Å². The van der Waals surface area contributed by atoms with Gasteiger partial charge >= 0.3 is 0 Å². The number of aliphatic hydroxyl groups is 1. The van der Waals surface area contributed by atoms with Crippen LogP contribution in [-0.4, -0.2) is 85.6 Å². The van der Waals surface area contributed by atoms with Crippen LogP contribution in [0, 0.1) is 5.92 Å². The number of fused-ring (bicyclic) bond motifs is 2. The van der Waals surface area contributed by atoms with Crippen molar-refractivity contribution in [2.75, 3.05) is 26.7 Å². The van der Waals surface area contributed by atoms with Crippen molar-refractivity contribution in [3.8, 4) is 0 Å². The number of nitrogens with zero attached hydrogens (tertiary/aromatic N) is 6. The van der Waals surface area contributed by atoms with Gasteiger partial charge in [0.15, 0.2) is 0 Å². The molecule has 3 rings (SSSR count). The Labute approximate surface area is 188 Å². The van der Waals surface area contributed by atoms with Crippen LogP contribution in [0.2, 0.25) is 0 Å². The molecule has 0 radical (unpaired) electrons. The number of carbonyl (C=O) groups excluding carboxylic acids is 2. The van der Waals surface area contributed by atoms with Crippen molar-refractivity contribution in [1.82, 2.24) is 29.8 Å². The van der Waals surface area contributed by atoms with Gasteiger partial charge in [0, 0.05) is 57.0 Å². The molecule has 10 heteroatoms. The Kier molecular flexibility index (Phi) is 8.29. The van der Waals surface area contributed by atoms with E-state index in [4.69, 9.17) is 4.74 Å². The lowest BCUT2D eigenvalue weighted by Crippen LogP contribution is -2.47. The molecule has 2 bridgehead atoms. The van der Waals surface area contributed by atoms with Gasteiger partial charge in [-0.25, -0.2) is 0 Å². The molecule has 3 atom stereocenters. The SMILES string of the molecule is C[C@@H]1CN([C@H](C)CO)C(=O)CCCn2cc(nn2)CO[C@@H]1CN(C)C(=O)c1ccncc1. The lowest BCUT2D eigenvalue weighted by molar-refractivity contribution is -0.136. The van der Waals surface area contributed by atoms with Gasteiger partial charge < -0.3 is 19.6 Å². The second-order valence-corrected chi connectivity index (χ2v) is 8.40. The molecule has 1 aliphatic heterocycles. The zero-order valence-corrected chi connectivity index (χ0v) is 18.9. The monoisotopic (exact) mass is 444 g/mol. The number of aryl methyl sites for hydroxylation is 1. The summed E-state index contributed by atoms with van der Waals surface area (Å²) in [5.74, 6) is -0.233. The highest BCUT2D eigenvalue weighted by Crippen LogP contribution is 2.18. The van der Waals surface area contributed by atoms with Crippen molar-refractivity contribution < 1.29 is 19.4 Å². The maximum atomic E-state index is 12.9. The molecule has 0 saturated heterocycles. The molecule has 3 heterocycles. The number of likely N-dealkylation sites (N-methyl/N-ethyl adjacent to an activating group) is 1. The van der Waals surface area contributed by atoms with E-state index in [2.05, 4.69) is 15.3 Å². The number of rotatable bonds is 5. The molecular formula is C22H32N6O4. The number of ether oxygens (including phenoxy) is 1. The molecule has 32 heavy (non-hydrogen) atoms. The molecule has 0 fully saturated rings. The van der Waals surface area contributed by atoms with E-state index in [1.807, 2.05) is 20.0 Å². The molecule has 2 amide bonds. The highest BCUT2D eigenvalue weighted by atomic mass is 16.5. The maximum absolute atomic E-state index is 12.9. The zero-order chi connectivity index (χ0) is 23.1. The molecule has 0 saturated carbocycles. The Morgan fingerprint density at radius 2 is 2.12 bits per heavy atom. The van der Waals surface area contributed by atoms with E-state index in [9.17, 15) is 14.7 Å². The quantitative estimate of drug-likeness (QED) is 0.731. The van der Waals surface area contributed by atoms with Crippen molar-refractivity contribution >= 4 is 11.8 Å². The Morgan fingerprint density at radius 1 is 1.38 bits per heavy atom. The van der Waals surface area contributed by atoms with Gasteiger partial charge in [0.25, 0.3) is 5.91 Å². The smallest absolute Gasteiger partial charge is 0.253 e. The second-order valence-electron chi connectivity index (χ2n) is 8.40. The second kappa shape index (κ2) is 11.1. The first kappa shape index (κ1) is 23.8. The summed E-state index contributed by atoms with van der Waals surface area (Å²) in [7, 11) is 1.73. The van der Waals surface area contributed by atoms with E-state index in [0.29, 0.717) is 43.7 Å². The Hall–Kier alpha value is -2.85. The van der Waals surface area contributed by atoms with Crippen LogP contribution in [0.1, 0.15) is 42.7 Å². The molecule has 1 aliphatic rings. The lowest BCUT2D eigenvalue weighted by atomic mass is 10.0. The predicted octanol–water partition coefficient (Wildman–Crippen LogP) is 0.970. The van der Waals surface area contributed by atoms with Crippen LogP contribution >= 0.6 is 0 Å². The fraction of sp³-hybridized carbons (Fsp3) is 0.591. The summed E-state index contributed by atoms with van der Waals surface area (Å²) < 4.78 is 7.91. The van der Waals surface area contributed by atoms with Gasteiger partial charge in [-0.15, -0.1) is 5.10 Å². The van der Waals surface area contributed by atoms with Crippen molar-refractivity contribution in [3.63, 3.8) is 0 Å². The van der Waals surface area contributed by atoms with Gasteiger partial charge in [-0.2, -0.15) is 0 Å². The maximum Gasteiger partial charge on any atom is 0.253 e. The number of hydrogen-bond donors (Lipinski definition) is 1. The molecule has 0 spiro atoms. The average Bonchev–Trinajstić information content (AvgIpc) is 3.26. The van der Waals surface area contributed by atoms with Crippen molar-refractivity contribution in [1.29, 1.82) is 0 Å². The number of aromatic nitrogens is 4. The molecule has 1 N–H and O–H groups in total. The van der Waals surface area contributed by atoms with Gasteiger partial charge in [0.05, 0.1) is 31.6 Å². The van der Waals surface area contributed by atoms with Crippen LogP contribution in [0.15, 0.2) is 30.7 Å². The van der Waals surface area contributed by atoms with Crippen LogP contribution in [0.5, 0.6) is 0 Å². The van der Waals surface area contributed by atoms with Crippen molar-refractivity contribution in [2.45, 2.75) is 52.0 Å². The van der Waals surface area contributed by atoms with E-state index in [1.165, 1.54) is 0 Å². The fourth-order valence-electron chi connectivity index (χ4n) is 3.76. The van der Waals surface area contributed by atoms with E-state index in [1.54, 1.807) is 46.1 Å². The van der Waals surface area contributed by atoms with Gasteiger partial charge in [-0.05, 0) is 25.5 Å².